The van der Waals surface area contributed by atoms with Gasteiger partial charge in [0.1, 0.15) is 0 Å². The van der Waals surface area contributed by atoms with Crippen LogP contribution in [0, 0.1) is 10.8 Å². The molecule has 23 heavy (non-hydrogen) atoms. The Hall–Kier alpha value is -1.76. The minimum atomic E-state index is -1.34. The van der Waals surface area contributed by atoms with E-state index >= 15 is 0 Å². The maximum Gasteiger partial charge on any atom is 0.319 e. The van der Waals surface area contributed by atoms with Gasteiger partial charge in [0.15, 0.2) is 16.9 Å². The number of carbonyl (C=O) groups excluding carboxylic acids is 1. The van der Waals surface area contributed by atoms with Crippen LogP contribution in [0.1, 0.15) is 25.8 Å². The second-order valence-corrected chi connectivity index (χ2v) is 7.11. The average Bonchev–Trinajstić information content (AvgIpc) is 3.09. The summed E-state index contributed by atoms with van der Waals surface area (Å²) >= 11 is 3.42. The van der Waals surface area contributed by atoms with Crippen molar-refractivity contribution in [3.63, 3.8) is 0 Å². The van der Waals surface area contributed by atoms with E-state index in [1.54, 1.807) is 26.0 Å². The van der Waals surface area contributed by atoms with E-state index in [1.807, 2.05) is 0 Å². The molecule has 1 aromatic rings. The molecule has 2 rings (SSSR count). The summed E-state index contributed by atoms with van der Waals surface area (Å²) in [6.07, 6.45) is 0.342. The second-order valence-electron chi connectivity index (χ2n) is 6.25. The summed E-state index contributed by atoms with van der Waals surface area (Å²) < 4.78 is 11.2. The van der Waals surface area contributed by atoms with Gasteiger partial charge in [0.25, 0.3) is 0 Å². The van der Waals surface area contributed by atoms with E-state index in [2.05, 4.69) is 21.2 Å². The van der Waals surface area contributed by atoms with Crippen molar-refractivity contribution in [2.75, 3.05) is 14.2 Å². The van der Waals surface area contributed by atoms with Crippen LogP contribution >= 0.6 is 15.9 Å². The van der Waals surface area contributed by atoms with Gasteiger partial charge in [0, 0.05) is 11.0 Å². The van der Waals surface area contributed by atoms with E-state index in [0.29, 0.717) is 17.9 Å². The summed E-state index contributed by atoms with van der Waals surface area (Å²) in [5.41, 5.74) is -1.09. The summed E-state index contributed by atoms with van der Waals surface area (Å²) in [6.45, 7) is 3.77. The number of hydrogen-bond acceptors (Lipinski definition) is 4. The summed E-state index contributed by atoms with van der Waals surface area (Å²) in [5.74, 6) is -0.428. The predicted molar refractivity (Wildman–Crippen MR) is 87.6 cm³/mol. The van der Waals surface area contributed by atoms with Crippen molar-refractivity contribution in [1.29, 1.82) is 0 Å². The van der Waals surface area contributed by atoms with E-state index in [9.17, 15) is 14.7 Å². The number of hydrogen-bond donors (Lipinski definition) is 2. The first kappa shape index (κ1) is 17.6. The molecule has 2 N–H and O–H groups in total. The molecule has 1 atom stereocenters. The van der Waals surface area contributed by atoms with Gasteiger partial charge in [-0.1, -0.05) is 29.8 Å². The summed E-state index contributed by atoms with van der Waals surface area (Å²) in [5, 5.41) is 12.1. The molecule has 1 aliphatic rings. The number of nitrogens with one attached hydrogen (secondary N) is 1. The first-order chi connectivity index (χ1) is 10.7. The number of halogens is 1. The lowest BCUT2D eigenvalue weighted by Gasteiger charge is -2.17. The van der Waals surface area contributed by atoms with Gasteiger partial charge >= 0.3 is 5.97 Å². The third-order valence-corrected chi connectivity index (χ3v) is 5.22. The van der Waals surface area contributed by atoms with Crippen LogP contribution in [-0.2, 0) is 16.1 Å². The Kier molecular flexibility index (Phi) is 4.61. The Balaban J connectivity index is 2.16. The van der Waals surface area contributed by atoms with Gasteiger partial charge in [0.2, 0.25) is 5.91 Å². The molecule has 126 valence electrons. The fourth-order valence-corrected chi connectivity index (χ4v) is 3.29. The molecule has 0 saturated heterocycles. The summed E-state index contributed by atoms with van der Waals surface area (Å²) in [4.78, 5) is 23.9. The zero-order chi connectivity index (χ0) is 17.4. The van der Waals surface area contributed by atoms with Crippen LogP contribution in [0.5, 0.6) is 11.5 Å². The maximum atomic E-state index is 12.4. The molecule has 0 aromatic heterocycles. The molecule has 1 aromatic carbocycles. The molecule has 0 radical (unpaired) electrons. The fraction of sp³-hybridized carbons (Fsp3) is 0.500. The standard InChI is InChI=1S/C16H20BrNO5/c1-15(2)8-16(15,14(20)21)13(19)18-7-9-5-11(22-3)12(23-4)6-10(9)17/h5-6H,7-8H2,1-4H3,(H,18,19)(H,20,21). The molecule has 6 nitrogen and oxygen atoms in total. The summed E-state index contributed by atoms with van der Waals surface area (Å²) in [7, 11) is 3.07. The lowest BCUT2D eigenvalue weighted by molar-refractivity contribution is -0.150. The highest BCUT2D eigenvalue weighted by Crippen LogP contribution is 2.63. The molecule has 0 bridgehead atoms. The highest BCUT2D eigenvalue weighted by Gasteiger charge is 2.71. The number of carbonyl (C=O) groups is 2. The highest BCUT2D eigenvalue weighted by atomic mass is 79.9. The molecule has 1 saturated carbocycles. The van der Waals surface area contributed by atoms with Crippen LogP contribution in [0.15, 0.2) is 16.6 Å². The molecular weight excluding hydrogens is 366 g/mol. The number of methoxy groups -OCH3 is 2. The van der Waals surface area contributed by atoms with Gasteiger partial charge in [0.05, 0.1) is 14.2 Å². The molecule has 0 heterocycles. The van der Waals surface area contributed by atoms with Gasteiger partial charge in [-0.3, -0.25) is 9.59 Å². The SMILES string of the molecule is COc1cc(Br)c(CNC(=O)C2(C(=O)O)CC2(C)C)cc1OC. The number of benzene rings is 1. The number of amides is 1. The average molecular weight is 386 g/mol. The largest absolute Gasteiger partial charge is 0.493 e. The van der Waals surface area contributed by atoms with Gasteiger partial charge in [-0.2, -0.15) is 0 Å². The van der Waals surface area contributed by atoms with Gasteiger partial charge < -0.3 is 19.9 Å². The first-order valence-electron chi connectivity index (χ1n) is 7.11. The monoisotopic (exact) mass is 385 g/mol. The van der Waals surface area contributed by atoms with Crippen molar-refractivity contribution in [3.05, 3.63) is 22.2 Å². The van der Waals surface area contributed by atoms with Crippen molar-refractivity contribution in [3.8, 4) is 11.5 Å². The Morgan fingerprint density at radius 3 is 2.22 bits per heavy atom. The fourth-order valence-electron chi connectivity index (χ4n) is 2.83. The van der Waals surface area contributed by atoms with Gasteiger partial charge in [-0.15, -0.1) is 0 Å². The van der Waals surface area contributed by atoms with Crippen LogP contribution < -0.4 is 14.8 Å². The molecule has 1 unspecified atom stereocenters. The van der Waals surface area contributed by atoms with Crippen molar-refractivity contribution in [1.82, 2.24) is 5.32 Å². The summed E-state index contributed by atoms with van der Waals surface area (Å²) in [6, 6.07) is 3.49. The van der Waals surface area contributed by atoms with Gasteiger partial charge in [-0.05, 0) is 29.5 Å². The van der Waals surface area contributed by atoms with Crippen molar-refractivity contribution in [2.45, 2.75) is 26.8 Å². The number of carboxylic acid groups (broad SMARTS) is 1. The second kappa shape index (κ2) is 6.03. The zero-order valence-electron chi connectivity index (χ0n) is 13.5. The Labute approximate surface area is 143 Å². The highest BCUT2D eigenvalue weighted by molar-refractivity contribution is 9.10. The third kappa shape index (κ3) is 2.89. The topological polar surface area (TPSA) is 84.9 Å². The molecule has 7 heteroatoms. The molecule has 1 aliphatic carbocycles. The van der Waals surface area contributed by atoms with Gasteiger partial charge in [-0.25, -0.2) is 0 Å². The number of aliphatic carboxylic acids is 1. The normalized spacial score (nSPS) is 21.4. The molecule has 0 spiro atoms. The first-order valence-corrected chi connectivity index (χ1v) is 7.91. The lowest BCUT2D eigenvalue weighted by Crippen LogP contribution is -2.39. The maximum absolute atomic E-state index is 12.4. The minimum Gasteiger partial charge on any atom is -0.493 e. The van der Waals surface area contributed by atoms with Crippen LogP contribution in [0.25, 0.3) is 0 Å². The van der Waals surface area contributed by atoms with Crippen LogP contribution in [0.4, 0.5) is 0 Å². The molecule has 1 fully saturated rings. The minimum absolute atomic E-state index is 0.199. The van der Waals surface area contributed by atoms with Crippen LogP contribution in [0.2, 0.25) is 0 Å². The smallest absolute Gasteiger partial charge is 0.319 e. The van der Waals surface area contributed by atoms with E-state index in [4.69, 9.17) is 9.47 Å². The molecular formula is C16H20BrNO5. The van der Waals surface area contributed by atoms with Crippen molar-refractivity contribution < 1.29 is 24.2 Å². The Morgan fingerprint density at radius 2 is 1.78 bits per heavy atom. The number of ether oxygens (including phenoxy) is 2. The van der Waals surface area contributed by atoms with E-state index in [-0.39, 0.29) is 6.54 Å². The van der Waals surface area contributed by atoms with E-state index in [0.717, 1.165) is 10.0 Å². The molecule has 1 amide bonds. The Bertz CT molecular complexity index is 658. The number of carboxylic acids is 1. The third-order valence-electron chi connectivity index (χ3n) is 4.48. The Morgan fingerprint density at radius 1 is 1.26 bits per heavy atom. The van der Waals surface area contributed by atoms with E-state index in [1.165, 1.54) is 14.2 Å². The van der Waals surface area contributed by atoms with Crippen molar-refractivity contribution in [2.24, 2.45) is 10.8 Å². The van der Waals surface area contributed by atoms with Crippen molar-refractivity contribution >= 4 is 27.8 Å². The lowest BCUT2D eigenvalue weighted by atomic mass is 9.95. The zero-order valence-corrected chi connectivity index (χ0v) is 15.1. The quantitative estimate of drug-likeness (QED) is 0.735. The van der Waals surface area contributed by atoms with E-state index < -0.39 is 22.7 Å². The van der Waals surface area contributed by atoms with Crippen LogP contribution in [0.3, 0.4) is 0 Å². The molecule has 0 aliphatic heterocycles. The number of rotatable bonds is 6. The predicted octanol–water partition coefficient (Wildman–Crippen LogP) is 2.58. The van der Waals surface area contributed by atoms with Crippen LogP contribution in [-0.4, -0.2) is 31.2 Å².